The normalized spacial score (nSPS) is 10.9. The largest absolute Gasteiger partial charge is 0.504 e. The van der Waals surface area contributed by atoms with Gasteiger partial charge in [0.25, 0.3) is 0 Å². The summed E-state index contributed by atoms with van der Waals surface area (Å²) in [5.41, 5.74) is 7.92. The van der Waals surface area contributed by atoms with Gasteiger partial charge in [0.1, 0.15) is 17.5 Å². The number of anilines is 1. The topological polar surface area (TPSA) is 101 Å². The Morgan fingerprint density at radius 1 is 1.00 bits per heavy atom. The first-order valence-corrected chi connectivity index (χ1v) is 7.93. The highest BCUT2D eigenvalue weighted by atomic mass is 19.1. The van der Waals surface area contributed by atoms with Crippen LogP contribution in [-0.2, 0) is 0 Å². The minimum absolute atomic E-state index is 0.00968. The number of pyridine rings is 2. The summed E-state index contributed by atoms with van der Waals surface area (Å²) in [4.78, 5) is 15.4. The van der Waals surface area contributed by atoms with E-state index < -0.39 is 11.6 Å². The number of nitrogen functional groups attached to an aromatic ring is 1. The minimum atomic E-state index is -0.741. The lowest BCUT2D eigenvalue weighted by Gasteiger charge is -2.04. The van der Waals surface area contributed by atoms with Gasteiger partial charge in [-0.3, -0.25) is 4.98 Å². The fourth-order valence-electron chi connectivity index (χ4n) is 2.71. The predicted octanol–water partition coefficient (Wildman–Crippen LogP) is 3.77. The Labute approximate surface area is 152 Å². The highest BCUT2D eigenvalue weighted by Gasteiger charge is 2.18. The number of aromatic nitrogens is 4. The molecule has 0 aliphatic rings. The van der Waals surface area contributed by atoms with Gasteiger partial charge in [-0.15, -0.1) is 0 Å². The third-order valence-corrected chi connectivity index (χ3v) is 4.03. The second-order valence-corrected chi connectivity index (χ2v) is 5.80. The molecular formula is C19H13F2N5O. The first-order chi connectivity index (χ1) is 13.0. The van der Waals surface area contributed by atoms with Crippen molar-refractivity contribution in [2.45, 2.75) is 0 Å². The molecule has 0 fully saturated rings. The number of aromatic amines is 1. The average molecular weight is 365 g/mol. The third kappa shape index (κ3) is 3.08. The van der Waals surface area contributed by atoms with E-state index in [0.717, 1.165) is 17.7 Å². The predicted molar refractivity (Wildman–Crippen MR) is 96.5 cm³/mol. The molecule has 0 aliphatic carbocycles. The maximum absolute atomic E-state index is 14.2. The summed E-state index contributed by atoms with van der Waals surface area (Å²) in [6, 6.07) is 8.19. The zero-order valence-corrected chi connectivity index (χ0v) is 13.8. The molecule has 3 heterocycles. The van der Waals surface area contributed by atoms with Gasteiger partial charge in [-0.2, -0.15) is 0 Å². The van der Waals surface area contributed by atoms with Gasteiger partial charge in [0.05, 0.1) is 17.0 Å². The second-order valence-electron chi connectivity index (χ2n) is 5.80. The van der Waals surface area contributed by atoms with Crippen LogP contribution in [0.15, 0.2) is 55.0 Å². The molecule has 0 saturated heterocycles. The van der Waals surface area contributed by atoms with E-state index in [9.17, 15) is 13.9 Å². The van der Waals surface area contributed by atoms with Crippen LogP contribution in [0.3, 0.4) is 0 Å². The van der Waals surface area contributed by atoms with Gasteiger partial charge < -0.3 is 15.8 Å². The summed E-state index contributed by atoms with van der Waals surface area (Å²) in [7, 11) is 0. The maximum Gasteiger partial charge on any atom is 0.165 e. The number of hydrogen-bond acceptors (Lipinski definition) is 5. The number of H-pyrrole nitrogens is 1. The molecule has 0 atom stereocenters. The lowest BCUT2D eigenvalue weighted by atomic mass is 10.1. The van der Waals surface area contributed by atoms with E-state index in [0.29, 0.717) is 17.0 Å². The van der Waals surface area contributed by atoms with Crippen LogP contribution in [0.4, 0.5) is 14.6 Å². The molecule has 0 unspecified atom stereocenters. The van der Waals surface area contributed by atoms with Crippen molar-refractivity contribution in [2.75, 3.05) is 5.73 Å². The van der Waals surface area contributed by atoms with Crippen molar-refractivity contribution in [1.82, 2.24) is 19.9 Å². The first kappa shape index (κ1) is 16.6. The molecule has 1 aromatic carbocycles. The highest BCUT2D eigenvalue weighted by Crippen LogP contribution is 2.35. The Morgan fingerprint density at radius 2 is 1.78 bits per heavy atom. The minimum Gasteiger partial charge on any atom is -0.504 e. The number of nitrogens with zero attached hydrogens (tertiary/aromatic N) is 3. The average Bonchev–Trinajstić information content (AvgIpc) is 3.10. The van der Waals surface area contributed by atoms with E-state index in [1.165, 1.54) is 18.3 Å². The Hall–Kier alpha value is -3.81. The summed E-state index contributed by atoms with van der Waals surface area (Å²) in [5, 5.41) is 9.88. The summed E-state index contributed by atoms with van der Waals surface area (Å²) >= 11 is 0. The van der Waals surface area contributed by atoms with Gasteiger partial charge in [0.2, 0.25) is 0 Å². The summed E-state index contributed by atoms with van der Waals surface area (Å²) in [5.74, 6) is -1.40. The number of nitrogens with two attached hydrogens (primary N) is 1. The zero-order chi connectivity index (χ0) is 19.0. The SMILES string of the molecule is Nc1ncc(-c2nc(-c3ccc(F)cc3F)[nH]c2-c2ccncc2)cc1O. The van der Waals surface area contributed by atoms with Gasteiger partial charge in [-0.05, 0) is 30.3 Å². The number of rotatable bonds is 3. The molecule has 4 aromatic rings. The Bertz CT molecular complexity index is 1130. The van der Waals surface area contributed by atoms with Gasteiger partial charge >= 0.3 is 0 Å². The van der Waals surface area contributed by atoms with Crippen molar-refractivity contribution >= 4 is 5.82 Å². The summed E-state index contributed by atoms with van der Waals surface area (Å²) in [6.45, 7) is 0. The molecule has 4 N–H and O–H groups in total. The fraction of sp³-hybridized carbons (Fsp3) is 0. The molecular weight excluding hydrogens is 352 g/mol. The molecule has 3 aromatic heterocycles. The van der Waals surface area contributed by atoms with E-state index in [4.69, 9.17) is 5.73 Å². The molecule has 8 heteroatoms. The molecule has 0 aliphatic heterocycles. The van der Waals surface area contributed by atoms with Gasteiger partial charge in [-0.1, -0.05) is 0 Å². The number of aromatic hydroxyl groups is 1. The van der Waals surface area contributed by atoms with Crippen LogP contribution >= 0.6 is 0 Å². The standard InChI is InChI=1S/C19H13F2N5O/c20-12-1-2-13(14(21)8-12)19-25-16(10-3-5-23-6-4-10)17(26-19)11-7-15(27)18(22)24-9-11/h1-9,27H,(H2,22,24)(H,25,26). The lowest BCUT2D eigenvalue weighted by Crippen LogP contribution is -1.92. The summed E-state index contributed by atoms with van der Waals surface area (Å²) in [6.07, 6.45) is 4.67. The number of imidazole rings is 1. The Balaban J connectivity index is 1.93. The van der Waals surface area contributed by atoms with Crippen LogP contribution < -0.4 is 5.73 Å². The Kier molecular flexibility index (Phi) is 4.00. The van der Waals surface area contributed by atoms with Crippen molar-refractivity contribution in [3.8, 4) is 39.7 Å². The Morgan fingerprint density at radius 3 is 2.48 bits per heavy atom. The van der Waals surface area contributed by atoms with Gasteiger partial charge in [0.15, 0.2) is 11.6 Å². The van der Waals surface area contributed by atoms with E-state index in [-0.39, 0.29) is 23.0 Å². The highest BCUT2D eigenvalue weighted by molar-refractivity contribution is 5.81. The van der Waals surface area contributed by atoms with Crippen LogP contribution in [0, 0.1) is 11.6 Å². The molecule has 0 bridgehead atoms. The van der Waals surface area contributed by atoms with Crippen LogP contribution in [0.1, 0.15) is 0 Å². The molecule has 0 saturated carbocycles. The van der Waals surface area contributed by atoms with E-state index >= 15 is 0 Å². The quantitative estimate of drug-likeness (QED) is 0.513. The molecule has 0 radical (unpaired) electrons. The zero-order valence-electron chi connectivity index (χ0n) is 13.8. The number of benzene rings is 1. The molecule has 4 rings (SSSR count). The molecule has 27 heavy (non-hydrogen) atoms. The molecule has 0 amide bonds. The van der Waals surface area contributed by atoms with E-state index in [2.05, 4.69) is 19.9 Å². The molecule has 134 valence electrons. The van der Waals surface area contributed by atoms with Crippen LogP contribution in [-0.4, -0.2) is 25.0 Å². The number of hydrogen-bond donors (Lipinski definition) is 3. The van der Waals surface area contributed by atoms with Crippen molar-refractivity contribution in [2.24, 2.45) is 0 Å². The molecule has 0 spiro atoms. The molecule has 6 nitrogen and oxygen atoms in total. The van der Waals surface area contributed by atoms with Gasteiger partial charge in [0, 0.05) is 35.8 Å². The number of halogens is 2. The first-order valence-electron chi connectivity index (χ1n) is 7.93. The van der Waals surface area contributed by atoms with Crippen molar-refractivity contribution in [3.63, 3.8) is 0 Å². The smallest absolute Gasteiger partial charge is 0.165 e. The van der Waals surface area contributed by atoms with Gasteiger partial charge in [-0.25, -0.2) is 18.7 Å². The van der Waals surface area contributed by atoms with E-state index in [1.54, 1.807) is 24.5 Å². The van der Waals surface area contributed by atoms with Crippen molar-refractivity contribution in [1.29, 1.82) is 0 Å². The van der Waals surface area contributed by atoms with Crippen LogP contribution in [0.5, 0.6) is 5.75 Å². The summed E-state index contributed by atoms with van der Waals surface area (Å²) < 4.78 is 27.5. The monoisotopic (exact) mass is 365 g/mol. The van der Waals surface area contributed by atoms with Crippen LogP contribution in [0.25, 0.3) is 33.9 Å². The lowest BCUT2D eigenvalue weighted by molar-refractivity contribution is 0.476. The fourth-order valence-corrected chi connectivity index (χ4v) is 2.71. The third-order valence-electron chi connectivity index (χ3n) is 4.03. The van der Waals surface area contributed by atoms with Crippen molar-refractivity contribution < 1.29 is 13.9 Å². The number of nitrogens with one attached hydrogen (secondary N) is 1. The second kappa shape index (κ2) is 6.49. The maximum atomic E-state index is 14.2. The van der Waals surface area contributed by atoms with Crippen molar-refractivity contribution in [3.05, 3.63) is 66.6 Å². The van der Waals surface area contributed by atoms with Crippen LogP contribution in [0.2, 0.25) is 0 Å². The van der Waals surface area contributed by atoms with E-state index in [1.807, 2.05) is 0 Å².